The van der Waals surface area contributed by atoms with Crippen molar-refractivity contribution in [2.24, 2.45) is 0 Å². The number of nitrogens with zero attached hydrogens (tertiary/aromatic N) is 2. The highest BCUT2D eigenvalue weighted by molar-refractivity contribution is 7.08. The predicted molar refractivity (Wildman–Crippen MR) is 102 cm³/mol. The third kappa shape index (κ3) is 3.48. The molecule has 0 fully saturated rings. The van der Waals surface area contributed by atoms with E-state index < -0.39 is 0 Å². The van der Waals surface area contributed by atoms with E-state index in [1.54, 1.807) is 11.3 Å². The van der Waals surface area contributed by atoms with Crippen LogP contribution in [0.2, 0.25) is 0 Å². The monoisotopic (exact) mass is 332 g/mol. The maximum atomic E-state index is 4.57. The molecule has 3 heterocycles. The van der Waals surface area contributed by atoms with Crippen LogP contribution in [0.3, 0.4) is 0 Å². The number of benzene rings is 1. The Morgan fingerprint density at radius 2 is 1.92 bits per heavy atom. The van der Waals surface area contributed by atoms with Gasteiger partial charge >= 0.3 is 0 Å². The van der Waals surface area contributed by atoms with E-state index in [1.807, 2.05) is 6.20 Å². The van der Waals surface area contributed by atoms with Gasteiger partial charge in [-0.2, -0.15) is 11.3 Å². The van der Waals surface area contributed by atoms with Gasteiger partial charge in [-0.25, -0.2) is 0 Å². The number of pyridine rings is 1. The van der Waals surface area contributed by atoms with Crippen molar-refractivity contribution in [2.45, 2.75) is 13.0 Å². The summed E-state index contributed by atoms with van der Waals surface area (Å²) in [6, 6.07) is 17.0. The average molecular weight is 332 g/mol. The Morgan fingerprint density at radius 1 is 1.00 bits per heavy atom. The molecule has 0 saturated carbocycles. The normalized spacial score (nSPS) is 15.2. The van der Waals surface area contributed by atoms with Gasteiger partial charge in [-0.1, -0.05) is 36.4 Å². The van der Waals surface area contributed by atoms with E-state index in [9.17, 15) is 0 Å². The first-order valence-corrected chi connectivity index (χ1v) is 9.27. The lowest BCUT2D eigenvalue weighted by atomic mass is 10.0. The zero-order valence-electron chi connectivity index (χ0n) is 13.6. The van der Waals surface area contributed by atoms with Gasteiger partial charge in [0.2, 0.25) is 0 Å². The molecule has 24 heavy (non-hydrogen) atoms. The minimum atomic E-state index is 0.911. The van der Waals surface area contributed by atoms with Gasteiger partial charge < -0.3 is 0 Å². The zero-order chi connectivity index (χ0) is 16.2. The highest BCUT2D eigenvalue weighted by atomic mass is 32.1. The van der Waals surface area contributed by atoms with Gasteiger partial charge in [0.15, 0.2) is 0 Å². The smallest absolute Gasteiger partial charge is 0.0550 e. The van der Waals surface area contributed by atoms with Crippen LogP contribution in [0.15, 0.2) is 71.6 Å². The van der Waals surface area contributed by atoms with Crippen molar-refractivity contribution in [3.8, 4) is 11.1 Å². The van der Waals surface area contributed by atoms with E-state index in [1.165, 1.54) is 22.3 Å². The molecule has 120 valence electrons. The van der Waals surface area contributed by atoms with Crippen LogP contribution in [-0.4, -0.2) is 23.0 Å². The molecule has 0 bridgehead atoms. The van der Waals surface area contributed by atoms with Crippen LogP contribution < -0.4 is 0 Å². The second-order valence-electron chi connectivity index (χ2n) is 6.13. The summed E-state index contributed by atoms with van der Waals surface area (Å²) in [5, 5.41) is 4.40. The lowest BCUT2D eigenvalue weighted by Crippen LogP contribution is -2.28. The number of thiophene rings is 1. The molecule has 1 aliphatic rings. The Morgan fingerprint density at radius 3 is 2.67 bits per heavy atom. The predicted octanol–water partition coefficient (Wildman–Crippen LogP) is 5.10. The summed E-state index contributed by atoms with van der Waals surface area (Å²) in [6.45, 7) is 3.01. The first-order chi connectivity index (χ1) is 11.9. The fraction of sp³-hybridized carbons (Fsp3) is 0.190. The lowest BCUT2D eigenvalue weighted by molar-refractivity contribution is 0.290. The molecule has 0 atom stereocenters. The van der Waals surface area contributed by atoms with Crippen molar-refractivity contribution in [3.05, 3.63) is 82.8 Å². The van der Waals surface area contributed by atoms with E-state index >= 15 is 0 Å². The Labute approximate surface area is 147 Å². The van der Waals surface area contributed by atoms with Crippen LogP contribution in [0.5, 0.6) is 0 Å². The van der Waals surface area contributed by atoms with E-state index in [0.717, 1.165) is 31.7 Å². The summed E-state index contributed by atoms with van der Waals surface area (Å²) in [7, 11) is 0. The van der Waals surface area contributed by atoms with Crippen molar-refractivity contribution in [2.75, 3.05) is 13.1 Å². The second-order valence-corrected chi connectivity index (χ2v) is 6.91. The van der Waals surface area contributed by atoms with Gasteiger partial charge in [-0.15, -0.1) is 0 Å². The highest BCUT2D eigenvalue weighted by Crippen LogP contribution is 2.25. The fourth-order valence-corrected chi connectivity index (χ4v) is 3.85. The molecule has 3 heteroatoms. The fourth-order valence-electron chi connectivity index (χ4n) is 3.17. The van der Waals surface area contributed by atoms with Crippen molar-refractivity contribution in [3.63, 3.8) is 0 Å². The molecule has 0 aliphatic carbocycles. The summed E-state index contributed by atoms with van der Waals surface area (Å²) in [5.74, 6) is 0. The maximum absolute atomic E-state index is 4.57. The van der Waals surface area contributed by atoms with E-state index in [-0.39, 0.29) is 0 Å². The summed E-state index contributed by atoms with van der Waals surface area (Å²) in [6.07, 6.45) is 5.41. The molecule has 0 radical (unpaired) electrons. The van der Waals surface area contributed by atoms with E-state index in [4.69, 9.17) is 0 Å². The van der Waals surface area contributed by atoms with Crippen LogP contribution in [0.4, 0.5) is 0 Å². The number of hydrogen-bond donors (Lipinski definition) is 0. The van der Waals surface area contributed by atoms with Crippen LogP contribution in [0, 0.1) is 0 Å². The quantitative estimate of drug-likeness (QED) is 0.661. The Balaban J connectivity index is 1.45. The molecule has 0 spiro atoms. The molecule has 0 saturated heterocycles. The number of aromatic nitrogens is 1. The number of hydrogen-bond acceptors (Lipinski definition) is 3. The summed E-state index contributed by atoms with van der Waals surface area (Å²) < 4.78 is 0. The van der Waals surface area contributed by atoms with Crippen LogP contribution in [0.25, 0.3) is 16.7 Å². The van der Waals surface area contributed by atoms with Crippen LogP contribution >= 0.6 is 11.3 Å². The van der Waals surface area contributed by atoms with Gasteiger partial charge in [-0.05, 0) is 57.6 Å². The summed E-state index contributed by atoms with van der Waals surface area (Å²) in [5.41, 5.74) is 6.51. The number of rotatable bonds is 4. The Kier molecular flexibility index (Phi) is 4.54. The Bertz CT molecular complexity index is 822. The minimum absolute atomic E-state index is 0.911. The molecular weight excluding hydrogens is 312 g/mol. The average Bonchev–Trinajstić information content (AvgIpc) is 3.18. The van der Waals surface area contributed by atoms with Crippen LogP contribution in [-0.2, 0) is 6.54 Å². The molecule has 1 aliphatic heterocycles. The Hall–Kier alpha value is -2.23. The SMILES string of the molecule is C1=C(c2ccsc2)CCN(Cc2cc(-c3ccccc3)ccn2)C1. The second kappa shape index (κ2) is 7.12. The molecule has 0 amide bonds. The molecule has 4 rings (SSSR count). The minimum Gasteiger partial charge on any atom is -0.294 e. The summed E-state index contributed by atoms with van der Waals surface area (Å²) in [4.78, 5) is 7.03. The van der Waals surface area contributed by atoms with Gasteiger partial charge in [0.1, 0.15) is 0 Å². The first-order valence-electron chi connectivity index (χ1n) is 8.33. The van der Waals surface area contributed by atoms with E-state index in [0.29, 0.717) is 0 Å². The van der Waals surface area contributed by atoms with Crippen molar-refractivity contribution < 1.29 is 0 Å². The van der Waals surface area contributed by atoms with Gasteiger partial charge in [-0.3, -0.25) is 9.88 Å². The topological polar surface area (TPSA) is 16.1 Å². The van der Waals surface area contributed by atoms with Gasteiger partial charge in [0, 0.05) is 25.8 Å². The molecule has 3 aromatic rings. The van der Waals surface area contributed by atoms with Crippen molar-refractivity contribution in [1.82, 2.24) is 9.88 Å². The molecule has 0 unspecified atom stereocenters. The third-order valence-corrected chi connectivity index (χ3v) is 5.18. The largest absolute Gasteiger partial charge is 0.294 e. The lowest BCUT2D eigenvalue weighted by Gasteiger charge is -2.26. The van der Waals surface area contributed by atoms with E-state index in [2.05, 4.69) is 75.3 Å². The molecule has 0 N–H and O–H groups in total. The van der Waals surface area contributed by atoms with Crippen molar-refractivity contribution in [1.29, 1.82) is 0 Å². The standard InChI is InChI=1S/C21H20N2S/c1-2-4-17(5-3-1)19-6-10-22-21(14-19)15-23-11-7-18(8-12-23)20-9-13-24-16-20/h1-7,9-10,13-14,16H,8,11-12,15H2. The zero-order valence-corrected chi connectivity index (χ0v) is 14.4. The molecule has 2 nitrogen and oxygen atoms in total. The van der Waals surface area contributed by atoms with Gasteiger partial charge in [0.05, 0.1) is 5.69 Å². The van der Waals surface area contributed by atoms with Crippen molar-refractivity contribution >= 4 is 16.9 Å². The highest BCUT2D eigenvalue weighted by Gasteiger charge is 2.14. The molecule has 1 aromatic carbocycles. The summed E-state index contributed by atoms with van der Waals surface area (Å²) >= 11 is 1.77. The molecular formula is C21H20N2S. The first kappa shape index (κ1) is 15.3. The molecule has 2 aromatic heterocycles. The third-order valence-electron chi connectivity index (χ3n) is 4.49. The van der Waals surface area contributed by atoms with Gasteiger partial charge in [0.25, 0.3) is 0 Å². The maximum Gasteiger partial charge on any atom is 0.0550 e. The van der Waals surface area contributed by atoms with Crippen LogP contribution in [0.1, 0.15) is 17.7 Å².